The number of hydrogen-bond donors (Lipinski definition) is 2. The van der Waals surface area contributed by atoms with E-state index in [-0.39, 0.29) is 32.2 Å². The fourth-order valence-corrected chi connectivity index (χ4v) is 1.89. The smallest absolute Gasteiger partial charge is 0.254 e. The minimum absolute atomic E-state index is 0.134. The number of amides is 1. The molecule has 0 aromatic heterocycles. The Balaban J connectivity index is 2.92. The minimum atomic E-state index is -0.237. The maximum atomic E-state index is 12.1. The SMILES string of the molecule is Cc1cc(Cl)cc(C(=O)N(CCO)CCO)c1. The van der Waals surface area contributed by atoms with Crippen LogP contribution in [0.25, 0.3) is 0 Å². The first-order valence-electron chi connectivity index (χ1n) is 5.36. The van der Waals surface area contributed by atoms with E-state index in [4.69, 9.17) is 21.8 Å². The molecule has 0 atom stereocenters. The van der Waals surface area contributed by atoms with Gasteiger partial charge in [-0.3, -0.25) is 4.79 Å². The highest BCUT2D eigenvalue weighted by Crippen LogP contribution is 2.16. The number of aliphatic hydroxyl groups excluding tert-OH is 2. The molecule has 4 nitrogen and oxygen atoms in total. The monoisotopic (exact) mass is 257 g/mol. The van der Waals surface area contributed by atoms with Crippen LogP contribution in [0.1, 0.15) is 15.9 Å². The molecule has 5 heteroatoms. The van der Waals surface area contributed by atoms with E-state index in [0.29, 0.717) is 10.6 Å². The molecular formula is C12H16ClNO3. The molecule has 17 heavy (non-hydrogen) atoms. The first kappa shape index (κ1) is 14.0. The number of aliphatic hydroxyl groups is 2. The van der Waals surface area contributed by atoms with Gasteiger partial charge in [-0.1, -0.05) is 11.6 Å². The van der Waals surface area contributed by atoms with E-state index >= 15 is 0 Å². The molecule has 0 radical (unpaired) electrons. The zero-order valence-corrected chi connectivity index (χ0v) is 10.4. The van der Waals surface area contributed by atoms with Crippen molar-refractivity contribution in [3.05, 3.63) is 34.3 Å². The van der Waals surface area contributed by atoms with Gasteiger partial charge < -0.3 is 15.1 Å². The summed E-state index contributed by atoms with van der Waals surface area (Å²) in [5.74, 6) is -0.237. The van der Waals surface area contributed by atoms with Crippen LogP contribution in [0.5, 0.6) is 0 Å². The molecule has 0 saturated carbocycles. The molecule has 94 valence electrons. The minimum Gasteiger partial charge on any atom is -0.395 e. The van der Waals surface area contributed by atoms with Crippen LogP contribution in [-0.2, 0) is 0 Å². The summed E-state index contributed by atoms with van der Waals surface area (Å²) in [7, 11) is 0. The molecule has 0 aliphatic carbocycles. The molecule has 1 amide bonds. The van der Waals surface area contributed by atoms with E-state index < -0.39 is 0 Å². The van der Waals surface area contributed by atoms with Crippen molar-refractivity contribution >= 4 is 17.5 Å². The number of hydrogen-bond acceptors (Lipinski definition) is 3. The Morgan fingerprint density at radius 3 is 2.29 bits per heavy atom. The number of halogens is 1. The van der Waals surface area contributed by atoms with Crippen molar-refractivity contribution in [1.82, 2.24) is 4.90 Å². The van der Waals surface area contributed by atoms with E-state index in [9.17, 15) is 4.79 Å². The number of nitrogens with zero attached hydrogens (tertiary/aromatic N) is 1. The fourth-order valence-electron chi connectivity index (χ4n) is 1.60. The zero-order valence-electron chi connectivity index (χ0n) is 9.69. The Labute approximate surface area is 105 Å². The summed E-state index contributed by atoms with van der Waals surface area (Å²) < 4.78 is 0. The summed E-state index contributed by atoms with van der Waals surface area (Å²) in [6.45, 7) is 1.98. The van der Waals surface area contributed by atoms with Crippen molar-refractivity contribution in [3.63, 3.8) is 0 Å². The second-order valence-electron chi connectivity index (χ2n) is 3.76. The first-order valence-corrected chi connectivity index (χ1v) is 5.74. The molecule has 1 aromatic carbocycles. The van der Waals surface area contributed by atoms with Gasteiger partial charge in [-0.25, -0.2) is 0 Å². The summed E-state index contributed by atoms with van der Waals surface area (Å²) in [5, 5.41) is 18.2. The second kappa shape index (κ2) is 6.59. The number of benzene rings is 1. The maximum absolute atomic E-state index is 12.1. The van der Waals surface area contributed by atoms with Gasteiger partial charge in [-0.2, -0.15) is 0 Å². The molecule has 0 aliphatic rings. The average molecular weight is 258 g/mol. The van der Waals surface area contributed by atoms with Gasteiger partial charge >= 0.3 is 0 Å². The lowest BCUT2D eigenvalue weighted by atomic mass is 10.1. The molecule has 1 rings (SSSR count). The van der Waals surface area contributed by atoms with Gasteiger partial charge in [0.05, 0.1) is 13.2 Å². The van der Waals surface area contributed by atoms with Crippen LogP contribution >= 0.6 is 11.6 Å². The molecule has 0 heterocycles. The van der Waals surface area contributed by atoms with E-state index in [2.05, 4.69) is 0 Å². The Morgan fingerprint density at radius 2 is 1.82 bits per heavy atom. The quantitative estimate of drug-likeness (QED) is 0.830. The predicted molar refractivity (Wildman–Crippen MR) is 66.3 cm³/mol. The van der Waals surface area contributed by atoms with Crippen LogP contribution < -0.4 is 0 Å². The van der Waals surface area contributed by atoms with Gasteiger partial charge in [0.2, 0.25) is 0 Å². The summed E-state index contributed by atoms with van der Waals surface area (Å²) in [4.78, 5) is 13.5. The van der Waals surface area contributed by atoms with Gasteiger partial charge in [0.1, 0.15) is 0 Å². The van der Waals surface area contributed by atoms with Gasteiger partial charge in [0, 0.05) is 23.7 Å². The lowest BCUT2D eigenvalue weighted by Gasteiger charge is -2.20. The molecule has 2 N–H and O–H groups in total. The highest BCUT2D eigenvalue weighted by Gasteiger charge is 2.15. The summed E-state index contributed by atoms with van der Waals surface area (Å²) >= 11 is 5.88. The largest absolute Gasteiger partial charge is 0.395 e. The average Bonchev–Trinajstić information content (AvgIpc) is 2.26. The van der Waals surface area contributed by atoms with E-state index in [0.717, 1.165) is 5.56 Å². The third kappa shape index (κ3) is 4.00. The maximum Gasteiger partial charge on any atom is 0.254 e. The Kier molecular flexibility index (Phi) is 5.41. The normalized spacial score (nSPS) is 10.4. The standard InChI is InChI=1S/C12H16ClNO3/c1-9-6-10(8-11(13)7-9)12(17)14(2-4-15)3-5-16/h6-8,15-16H,2-5H2,1H3. The molecule has 0 unspecified atom stereocenters. The van der Waals surface area contributed by atoms with Crippen molar-refractivity contribution in [2.45, 2.75) is 6.92 Å². The van der Waals surface area contributed by atoms with Crippen LogP contribution in [0.15, 0.2) is 18.2 Å². The fraction of sp³-hybridized carbons (Fsp3) is 0.417. The van der Waals surface area contributed by atoms with Gasteiger partial charge in [-0.15, -0.1) is 0 Å². The first-order chi connectivity index (χ1) is 8.08. The molecular weight excluding hydrogens is 242 g/mol. The van der Waals surface area contributed by atoms with Crippen molar-refractivity contribution in [2.75, 3.05) is 26.3 Å². The van der Waals surface area contributed by atoms with Crippen molar-refractivity contribution in [3.8, 4) is 0 Å². The van der Waals surface area contributed by atoms with Crippen LogP contribution in [-0.4, -0.2) is 47.3 Å². The number of carbonyl (C=O) groups is 1. The van der Waals surface area contributed by atoms with Crippen LogP contribution in [0.4, 0.5) is 0 Å². The number of aryl methyl sites for hydroxylation is 1. The third-order valence-corrected chi connectivity index (χ3v) is 2.53. The Bertz CT molecular complexity index is 369. The number of carbonyl (C=O) groups excluding carboxylic acids is 1. The van der Waals surface area contributed by atoms with Crippen LogP contribution in [0.2, 0.25) is 5.02 Å². The van der Waals surface area contributed by atoms with E-state index in [1.54, 1.807) is 18.2 Å². The third-order valence-electron chi connectivity index (χ3n) is 2.32. The molecule has 0 spiro atoms. The Hall–Kier alpha value is -1.10. The van der Waals surface area contributed by atoms with Crippen molar-refractivity contribution in [2.24, 2.45) is 0 Å². The van der Waals surface area contributed by atoms with Gasteiger partial charge in [0.15, 0.2) is 0 Å². The van der Waals surface area contributed by atoms with Gasteiger partial charge in [0.25, 0.3) is 5.91 Å². The molecule has 0 saturated heterocycles. The lowest BCUT2D eigenvalue weighted by molar-refractivity contribution is 0.0684. The van der Waals surface area contributed by atoms with Crippen LogP contribution in [0, 0.1) is 6.92 Å². The summed E-state index contributed by atoms with van der Waals surface area (Å²) in [5.41, 5.74) is 1.37. The predicted octanol–water partition coefficient (Wildman–Crippen LogP) is 1.08. The molecule has 0 fully saturated rings. The van der Waals surface area contributed by atoms with Crippen molar-refractivity contribution in [1.29, 1.82) is 0 Å². The molecule has 1 aromatic rings. The summed E-state index contributed by atoms with van der Waals surface area (Å²) in [6, 6.07) is 5.08. The Morgan fingerprint density at radius 1 is 1.24 bits per heavy atom. The van der Waals surface area contributed by atoms with Gasteiger partial charge in [-0.05, 0) is 30.7 Å². The highest BCUT2D eigenvalue weighted by atomic mass is 35.5. The van der Waals surface area contributed by atoms with Crippen LogP contribution in [0.3, 0.4) is 0 Å². The molecule has 0 aliphatic heterocycles. The van der Waals surface area contributed by atoms with E-state index in [1.807, 2.05) is 6.92 Å². The lowest BCUT2D eigenvalue weighted by Crippen LogP contribution is -2.35. The topological polar surface area (TPSA) is 60.8 Å². The molecule has 0 bridgehead atoms. The zero-order chi connectivity index (χ0) is 12.8. The van der Waals surface area contributed by atoms with Crippen molar-refractivity contribution < 1.29 is 15.0 Å². The summed E-state index contributed by atoms with van der Waals surface area (Å²) in [6.07, 6.45) is 0. The van der Waals surface area contributed by atoms with E-state index in [1.165, 1.54) is 4.90 Å². The second-order valence-corrected chi connectivity index (χ2v) is 4.19. The number of rotatable bonds is 5. The highest BCUT2D eigenvalue weighted by molar-refractivity contribution is 6.31.